The van der Waals surface area contributed by atoms with Gasteiger partial charge in [-0.15, -0.1) is 0 Å². The first-order valence-electron chi connectivity index (χ1n) is 9.16. The average molecular weight is 505 g/mol. The molecule has 1 aliphatic rings. The zero-order valence-electron chi connectivity index (χ0n) is 15.6. The summed E-state index contributed by atoms with van der Waals surface area (Å²) in [6, 6.07) is 19.0. The number of nitrogens with zero attached hydrogens (tertiary/aromatic N) is 1. The van der Waals surface area contributed by atoms with Crippen molar-refractivity contribution in [1.29, 1.82) is 0 Å². The van der Waals surface area contributed by atoms with E-state index in [-0.39, 0.29) is 18.7 Å². The Morgan fingerprint density at radius 2 is 1.77 bits per heavy atom. The fraction of sp³-hybridized carbons (Fsp3) is 0.130. The Balaban J connectivity index is 1.68. The van der Waals surface area contributed by atoms with Crippen LogP contribution in [0, 0.1) is 0 Å². The molecule has 152 valence electrons. The number of fused-ring (bicyclic) bond motifs is 1. The zero-order chi connectivity index (χ0) is 21.5. The smallest absolute Gasteiger partial charge is 0.264 e. The van der Waals surface area contributed by atoms with Crippen LogP contribution >= 0.6 is 39.1 Å². The van der Waals surface area contributed by atoms with Gasteiger partial charge < -0.3 is 10.0 Å². The first kappa shape index (κ1) is 21.1. The van der Waals surface area contributed by atoms with E-state index in [1.165, 1.54) is 4.90 Å². The van der Waals surface area contributed by atoms with Gasteiger partial charge in [0.2, 0.25) is 0 Å². The Morgan fingerprint density at radius 1 is 1.00 bits per heavy atom. The number of anilines is 1. The number of hydrogen-bond donors (Lipinski definition) is 1. The lowest BCUT2D eigenvalue weighted by Crippen LogP contribution is -2.41. The van der Waals surface area contributed by atoms with Crippen LogP contribution in [-0.2, 0) is 16.9 Å². The van der Waals surface area contributed by atoms with Crippen LogP contribution in [0.25, 0.3) is 0 Å². The molecule has 4 nitrogen and oxygen atoms in total. The fourth-order valence-electron chi connectivity index (χ4n) is 3.65. The van der Waals surface area contributed by atoms with Crippen molar-refractivity contribution in [2.45, 2.75) is 18.6 Å². The number of halogens is 3. The number of ketones is 1. The van der Waals surface area contributed by atoms with E-state index >= 15 is 0 Å². The second kappa shape index (κ2) is 8.16. The number of hydrogen-bond acceptors (Lipinski definition) is 3. The highest BCUT2D eigenvalue weighted by Crippen LogP contribution is 2.43. The van der Waals surface area contributed by atoms with E-state index in [0.717, 1.165) is 10.0 Å². The maximum absolute atomic E-state index is 13.3. The number of para-hydroxylation sites is 1. The zero-order valence-corrected chi connectivity index (χ0v) is 18.7. The van der Waals surface area contributed by atoms with Crippen LogP contribution < -0.4 is 4.90 Å². The number of amides is 1. The van der Waals surface area contributed by atoms with Crippen LogP contribution in [0.2, 0.25) is 10.0 Å². The third-order valence-corrected chi connectivity index (χ3v) is 6.36. The Hall–Kier alpha value is -2.18. The van der Waals surface area contributed by atoms with Gasteiger partial charge in [-0.1, -0.05) is 75.5 Å². The molecule has 0 saturated heterocycles. The van der Waals surface area contributed by atoms with Crippen LogP contribution in [-0.4, -0.2) is 16.8 Å². The lowest BCUT2D eigenvalue weighted by Gasteiger charge is -2.23. The lowest BCUT2D eigenvalue weighted by atomic mass is 9.88. The van der Waals surface area contributed by atoms with Gasteiger partial charge in [-0.3, -0.25) is 9.59 Å². The number of aliphatic hydroxyl groups is 1. The quantitative estimate of drug-likeness (QED) is 0.449. The summed E-state index contributed by atoms with van der Waals surface area (Å²) in [6.07, 6.45) is -0.350. The predicted octanol–water partition coefficient (Wildman–Crippen LogP) is 5.76. The van der Waals surface area contributed by atoms with Crippen LogP contribution in [0.4, 0.5) is 5.69 Å². The minimum atomic E-state index is -1.94. The van der Waals surface area contributed by atoms with Crippen molar-refractivity contribution >= 4 is 56.5 Å². The number of carbonyl (C=O) groups is 2. The molecule has 30 heavy (non-hydrogen) atoms. The van der Waals surface area contributed by atoms with Gasteiger partial charge in [0, 0.05) is 15.6 Å². The van der Waals surface area contributed by atoms with E-state index in [4.69, 9.17) is 23.2 Å². The molecule has 0 saturated carbocycles. The molecule has 1 N–H and O–H groups in total. The van der Waals surface area contributed by atoms with Crippen molar-refractivity contribution in [3.8, 4) is 0 Å². The van der Waals surface area contributed by atoms with Gasteiger partial charge in [-0.25, -0.2) is 0 Å². The Labute approximate surface area is 192 Å². The number of carbonyl (C=O) groups excluding carboxylic acids is 2. The summed E-state index contributed by atoms with van der Waals surface area (Å²) in [5.41, 5.74) is 0.226. The Kier molecular flexibility index (Phi) is 5.73. The van der Waals surface area contributed by atoms with Gasteiger partial charge in [-0.05, 0) is 35.9 Å². The molecule has 0 fully saturated rings. The highest BCUT2D eigenvalue weighted by molar-refractivity contribution is 9.10. The molecule has 1 aliphatic heterocycles. The maximum atomic E-state index is 13.3. The topological polar surface area (TPSA) is 57.6 Å². The van der Waals surface area contributed by atoms with Gasteiger partial charge in [0.15, 0.2) is 11.4 Å². The summed E-state index contributed by atoms with van der Waals surface area (Å²) in [5.74, 6) is -0.864. The van der Waals surface area contributed by atoms with Crippen LogP contribution in [0.5, 0.6) is 0 Å². The van der Waals surface area contributed by atoms with Gasteiger partial charge in [0.25, 0.3) is 5.91 Å². The Bertz CT molecular complexity index is 1170. The SMILES string of the molecule is O=C(C[C@]1(O)C(=O)N(Cc2ccc(Cl)c(Cl)c2)c2ccccc21)c1cccc(Br)c1. The van der Waals surface area contributed by atoms with Crippen molar-refractivity contribution in [2.75, 3.05) is 4.90 Å². The summed E-state index contributed by atoms with van der Waals surface area (Å²) in [4.78, 5) is 27.7. The van der Waals surface area contributed by atoms with Crippen molar-refractivity contribution < 1.29 is 14.7 Å². The molecule has 0 aromatic heterocycles. The van der Waals surface area contributed by atoms with E-state index in [0.29, 0.717) is 26.9 Å². The molecule has 0 spiro atoms. The number of rotatable bonds is 5. The molecule has 3 aromatic carbocycles. The highest BCUT2D eigenvalue weighted by Gasteiger charge is 2.50. The molecular formula is C23H16BrCl2NO3. The molecule has 7 heteroatoms. The number of benzene rings is 3. The van der Waals surface area contributed by atoms with E-state index in [2.05, 4.69) is 15.9 Å². The third kappa shape index (κ3) is 3.79. The molecule has 1 amide bonds. The summed E-state index contributed by atoms with van der Waals surface area (Å²) < 4.78 is 0.750. The third-order valence-electron chi connectivity index (χ3n) is 5.13. The molecule has 4 rings (SSSR count). The molecule has 0 radical (unpaired) electrons. The first-order valence-corrected chi connectivity index (χ1v) is 10.7. The highest BCUT2D eigenvalue weighted by atomic mass is 79.9. The van der Waals surface area contributed by atoms with E-state index < -0.39 is 11.5 Å². The molecular weight excluding hydrogens is 489 g/mol. The summed E-state index contributed by atoms with van der Waals surface area (Å²) in [7, 11) is 0. The minimum absolute atomic E-state index is 0.195. The maximum Gasteiger partial charge on any atom is 0.264 e. The lowest BCUT2D eigenvalue weighted by molar-refractivity contribution is -0.136. The van der Waals surface area contributed by atoms with E-state index in [1.807, 2.05) is 0 Å². The van der Waals surface area contributed by atoms with E-state index in [1.54, 1.807) is 66.7 Å². The second-order valence-electron chi connectivity index (χ2n) is 7.13. The number of Topliss-reactive ketones (excluding diaryl/α,β-unsaturated/α-hetero) is 1. The van der Waals surface area contributed by atoms with Gasteiger partial charge in [0.1, 0.15) is 0 Å². The predicted molar refractivity (Wildman–Crippen MR) is 121 cm³/mol. The molecule has 0 unspecified atom stereocenters. The van der Waals surface area contributed by atoms with Gasteiger partial charge >= 0.3 is 0 Å². The van der Waals surface area contributed by atoms with Crippen molar-refractivity contribution in [3.63, 3.8) is 0 Å². The largest absolute Gasteiger partial charge is 0.375 e. The monoisotopic (exact) mass is 503 g/mol. The van der Waals surface area contributed by atoms with E-state index in [9.17, 15) is 14.7 Å². The van der Waals surface area contributed by atoms with Crippen molar-refractivity contribution in [1.82, 2.24) is 0 Å². The fourth-order valence-corrected chi connectivity index (χ4v) is 4.37. The van der Waals surface area contributed by atoms with Gasteiger partial charge in [0.05, 0.1) is 28.7 Å². The standard InChI is InChI=1S/C23H16BrCl2NO3/c24-16-5-3-4-15(11-16)21(28)12-23(30)17-6-1-2-7-20(17)27(22(23)29)13-14-8-9-18(25)19(26)10-14/h1-11,30H,12-13H2/t23-/m1/s1. The Morgan fingerprint density at radius 3 is 2.50 bits per heavy atom. The second-order valence-corrected chi connectivity index (χ2v) is 8.86. The summed E-state index contributed by atoms with van der Waals surface area (Å²) in [5, 5.41) is 12.2. The first-order chi connectivity index (χ1) is 14.3. The van der Waals surface area contributed by atoms with Crippen molar-refractivity contribution in [3.05, 3.63) is 97.9 Å². The molecule has 0 bridgehead atoms. The average Bonchev–Trinajstić information content (AvgIpc) is 2.93. The minimum Gasteiger partial charge on any atom is -0.375 e. The van der Waals surface area contributed by atoms with Crippen LogP contribution in [0.1, 0.15) is 27.9 Å². The van der Waals surface area contributed by atoms with Crippen molar-refractivity contribution in [2.24, 2.45) is 0 Å². The van der Waals surface area contributed by atoms with Gasteiger partial charge in [-0.2, -0.15) is 0 Å². The molecule has 1 atom stereocenters. The van der Waals surface area contributed by atoms with Crippen LogP contribution in [0.15, 0.2) is 71.2 Å². The van der Waals surface area contributed by atoms with Crippen LogP contribution in [0.3, 0.4) is 0 Å². The molecule has 3 aromatic rings. The molecule has 0 aliphatic carbocycles. The summed E-state index contributed by atoms with van der Waals surface area (Å²) >= 11 is 15.4. The normalized spacial score (nSPS) is 17.9. The summed E-state index contributed by atoms with van der Waals surface area (Å²) in [6.45, 7) is 0.195. The molecule has 1 heterocycles.